The summed E-state index contributed by atoms with van der Waals surface area (Å²) in [6, 6.07) is 15.9. The van der Waals surface area contributed by atoms with E-state index in [1.54, 1.807) is 12.1 Å². The number of amides is 1. The van der Waals surface area contributed by atoms with Crippen LogP contribution in [0.3, 0.4) is 0 Å². The summed E-state index contributed by atoms with van der Waals surface area (Å²) in [6.45, 7) is 5.11. The minimum Gasteiger partial charge on any atom is -0.369 e. The maximum atomic E-state index is 12.6. The van der Waals surface area contributed by atoms with Crippen LogP contribution in [0.1, 0.15) is 6.92 Å². The Labute approximate surface area is 159 Å². The molecular formula is C19H24N4O3S. The Morgan fingerprint density at radius 1 is 1.04 bits per heavy atom. The van der Waals surface area contributed by atoms with Crippen LogP contribution in [0.25, 0.3) is 0 Å². The van der Waals surface area contributed by atoms with E-state index in [0.29, 0.717) is 5.69 Å². The number of hydrogen-bond donors (Lipinski definition) is 2. The molecule has 7 nitrogen and oxygen atoms in total. The fraction of sp³-hybridized carbons (Fsp3) is 0.316. The SMILES string of the molecule is C[C@H](C(=O)Nc1cccc(S(N)(=O)=O)c1)N1CCN(c2ccccc2)CC1. The highest BCUT2D eigenvalue weighted by Crippen LogP contribution is 2.18. The molecule has 1 saturated heterocycles. The highest BCUT2D eigenvalue weighted by atomic mass is 32.2. The molecule has 1 amide bonds. The van der Waals surface area contributed by atoms with Gasteiger partial charge >= 0.3 is 0 Å². The first-order valence-corrected chi connectivity index (χ1v) is 10.4. The number of carbonyl (C=O) groups excluding carboxylic acids is 1. The third kappa shape index (κ3) is 4.85. The zero-order valence-corrected chi connectivity index (χ0v) is 16.0. The van der Waals surface area contributed by atoms with Crippen molar-refractivity contribution >= 4 is 27.3 Å². The zero-order chi connectivity index (χ0) is 19.4. The van der Waals surface area contributed by atoms with Crippen molar-refractivity contribution in [3.05, 3.63) is 54.6 Å². The van der Waals surface area contributed by atoms with Crippen LogP contribution in [0.5, 0.6) is 0 Å². The molecule has 8 heteroatoms. The maximum absolute atomic E-state index is 12.6. The Kier molecular flexibility index (Phi) is 5.79. The highest BCUT2D eigenvalue weighted by molar-refractivity contribution is 7.89. The summed E-state index contributed by atoms with van der Waals surface area (Å²) >= 11 is 0. The van der Waals surface area contributed by atoms with Crippen LogP contribution in [0.4, 0.5) is 11.4 Å². The number of benzene rings is 2. The smallest absolute Gasteiger partial charge is 0.241 e. The monoisotopic (exact) mass is 388 g/mol. The second-order valence-electron chi connectivity index (χ2n) is 6.60. The molecule has 0 radical (unpaired) electrons. The number of piperazine rings is 1. The molecule has 1 atom stereocenters. The lowest BCUT2D eigenvalue weighted by Gasteiger charge is -2.38. The molecule has 2 aromatic carbocycles. The molecular weight excluding hydrogens is 364 g/mol. The van der Waals surface area contributed by atoms with E-state index in [1.807, 2.05) is 25.1 Å². The van der Waals surface area contributed by atoms with E-state index in [-0.39, 0.29) is 16.8 Å². The summed E-state index contributed by atoms with van der Waals surface area (Å²) in [5, 5.41) is 7.92. The Bertz CT molecular complexity index is 894. The molecule has 27 heavy (non-hydrogen) atoms. The largest absolute Gasteiger partial charge is 0.369 e. The molecule has 144 valence electrons. The first-order valence-electron chi connectivity index (χ1n) is 8.82. The maximum Gasteiger partial charge on any atom is 0.241 e. The van der Waals surface area contributed by atoms with Gasteiger partial charge in [0.15, 0.2) is 0 Å². The molecule has 0 aliphatic carbocycles. The Morgan fingerprint density at radius 3 is 2.33 bits per heavy atom. The summed E-state index contributed by atoms with van der Waals surface area (Å²) in [4.78, 5) is 17.0. The molecule has 0 spiro atoms. The van der Waals surface area contributed by atoms with Crippen LogP contribution >= 0.6 is 0 Å². The highest BCUT2D eigenvalue weighted by Gasteiger charge is 2.25. The standard InChI is InChI=1S/C19H24N4O3S/c1-15(19(24)21-16-6-5-9-18(14-16)27(20,25)26)22-10-12-23(13-11-22)17-7-3-2-4-8-17/h2-9,14-15H,10-13H2,1H3,(H,21,24)(H2,20,25,26)/t15-/m1/s1. The molecule has 0 saturated carbocycles. The van der Waals surface area contributed by atoms with Gasteiger partial charge in [-0.3, -0.25) is 9.69 Å². The summed E-state index contributed by atoms with van der Waals surface area (Å²) < 4.78 is 22.9. The van der Waals surface area contributed by atoms with Gasteiger partial charge in [-0.1, -0.05) is 24.3 Å². The van der Waals surface area contributed by atoms with E-state index in [1.165, 1.54) is 17.8 Å². The van der Waals surface area contributed by atoms with E-state index in [4.69, 9.17) is 5.14 Å². The van der Waals surface area contributed by atoms with Gasteiger partial charge < -0.3 is 10.2 Å². The number of rotatable bonds is 5. The minimum absolute atomic E-state index is 0.0237. The fourth-order valence-electron chi connectivity index (χ4n) is 3.17. The Morgan fingerprint density at radius 2 is 1.70 bits per heavy atom. The van der Waals surface area contributed by atoms with Crippen LogP contribution < -0.4 is 15.4 Å². The van der Waals surface area contributed by atoms with Crippen LogP contribution in [-0.2, 0) is 14.8 Å². The van der Waals surface area contributed by atoms with Crippen molar-refractivity contribution in [1.82, 2.24) is 4.90 Å². The fourth-order valence-corrected chi connectivity index (χ4v) is 3.73. The van der Waals surface area contributed by atoms with Crippen molar-refractivity contribution in [2.24, 2.45) is 5.14 Å². The van der Waals surface area contributed by atoms with Crippen molar-refractivity contribution in [3.63, 3.8) is 0 Å². The number of nitrogens with two attached hydrogens (primary N) is 1. The van der Waals surface area contributed by atoms with Gasteiger partial charge in [0, 0.05) is 37.6 Å². The van der Waals surface area contributed by atoms with Gasteiger partial charge in [-0.2, -0.15) is 0 Å². The van der Waals surface area contributed by atoms with Crippen LogP contribution in [-0.4, -0.2) is 51.4 Å². The molecule has 1 aliphatic rings. The molecule has 3 N–H and O–H groups in total. The zero-order valence-electron chi connectivity index (χ0n) is 15.2. The molecule has 1 aliphatic heterocycles. The second-order valence-corrected chi connectivity index (χ2v) is 8.16. The van der Waals surface area contributed by atoms with Gasteiger partial charge in [0.2, 0.25) is 15.9 Å². The lowest BCUT2D eigenvalue weighted by molar-refractivity contribution is -0.120. The van der Waals surface area contributed by atoms with Crippen LogP contribution in [0, 0.1) is 0 Å². The summed E-state index contributed by atoms with van der Waals surface area (Å²) in [5.41, 5.74) is 1.61. The topological polar surface area (TPSA) is 95.7 Å². The third-order valence-electron chi connectivity index (χ3n) is 4.79. The lowest BCUT2D eigenvalue weighted by Crippen LogP contribution is -2.52. The van der Waals surface area contributed by atoms with Crippen molar-refractivity contribution in [2.75, 3.05) is 36.4 Å². The number of para-hydroxylation sites is 1. The number of nitrogens with zero attached hydrogens (tertiary/aromatic N) is 2. The second kappa shape index (κ2) is 8.08. The van der Waals surface area contributed by atoms with E-state index >= 15 is 0 Å². The van der Waals surface area contributed by atoms with Crippen LogP contribution in [0.2, 0.25) is 0 Å². The van der Waals surface area contributed by atoms with Crippen molar-refractivity contribution < 1.29 is 13.2 Å². The predicted molar refractivity (Wildman–Crippen MR) is 106 cm³/mol. The predicted octanol–water partition coefficient (Wildman–Crippen LogP) is 1.48. The number of anilines is 2. The number of primary sulfonamides is 1. The average molecular weight is 388 g/mol. The molecule has 2 aromatic rings. The number of nitrogens with one attached hydrogen (secondary N) is 1. The van der Waals surface area contributed by atoms with E-state index in [2.05, 4.69) is 27.2 Å². The lowest BCUT2D eigenvalue weighted by atomic mass is 10.2. The van der Waals surface area contributed by atoms with Crippen molar-refractivity contribution in [3.8, 4) is 0 Å². The van der Waals surface area contributed by atoms with Gasteiger partial charge in [-0.05, 0) is 37.3 Å². The average Bonchev–Trinajstić information content (AvgIpc) is 2.68. The normalized spacial score (nSPS) is 16.7. The molecule has 3 rings (SSSR count). The third-order valence-corrected chi connectivity index (χ3v) is 5.70. The molecule has 1 heterocycles. The van der Waals surface area contributed by atoms with Gasteiger partial charge in [-0.15, -0.1) is 0 Å². The van der Waals surface area contributed by atoms with Crippen molar-refractivity contribution in [2.45, 2.75) is 17.9 Å². The Hall–Kier alpha value is -2.42. The first-order chi connectivity index (χ1) is 12.8. The minimum atomic E-state index is -3.80. The van der Waals surface area contributed by atoms with Gasteiger partial charge in [0.05, 0.1) is 10.9 Å². The summed E-state index contributed by atoms with van der Waals surface area (Å²) in [7, 11) is -3.80. The van der Waals surface area contributed by atoms with Gasteiger partial charge in [0.1, 0.15) is 0 Å². The Balaban J connectivity index is 1.59. The van der Waals surface area contributed by atoms with Crippen LogP contribution in [0.15, 0.2) is 59.5 Å². The number of carbonyl (C=O) groups is 1. The van der Waals surface area contributed by atoms with Crippen molar-refractivity contribution in [1.29, 1.82) is 0 Å². The molecule has 1 fully saturated rings. The molecule has 0 unspecified atom stereocenters. The van der Waals surface area contributed by atoms with Gasteiger partial charge in [0.25, 0.3) is 0 Å². The number of hydrogen-bond acceptors (Lipinski definition) is 5. The summed E-state index contributed by atoms with van der Waals surface area (Å²) in [5.74, 6) is -0.172. The van der Waals surface area contributed by atoms with E-state index < -0.39 is 10.0 Å². The molecule has 0 aromatic heterocycles. The molecule has 0 bridgehead atoms. The van der Waals surface area contributed by atoms with E-state index in [9.17, 15) is 13.2 Å². The van der Waals surface area contributed by atoms with Gasteiger partial charge in [-0.25, -0.2) is 13.6 Å². The first kappa shape index (κ1) is 19.3. The van der Waals surface area contributed by atoms with E-state index in [0.717, 1.165) is 26.2 Å². The summed E-state index contributed by atoms with van der Waals surface area (Å²) in [6.07, 6.45) is 0. The quantitative estimate of drug-likeness (QED) is 0.809. The number of sulfonamides is 1.